The molecule has 3 rings (SSSR count). The number of hydrogen-bond donors (Lipinski definition) is 1. The highest BCUT2D eigenvalue weighted by Gasteiger charge is 2.33. The van der Waals surface area contributed by atoms with Gasteiger partial charge >= 0.3 is 0 Å². The van der Waals surface area contributed by atoms with Crippen LogP contribution in [-0.2, 0) is 26.2 Å². The van der Waals surface area contributed by atoms with Gasteiger partial charge < -0.3 is 10.2 Å². The lowest BCUT2D eigenvalue weighted by Crippen LogP contribution is -2.52. The number of anilines is 1. The second-order valence-corrected chi connectivity index (χ2v) is 12.4. The van der Waals surface area contributed by atoms with Gasteiger partial charge in [-0.15, -0.1) is 0 Å². The molecule has 3 aromatic rings. The van der Waals surface area contributed by atoms with E-state index in [1.165, 1.54) is 9.21 Å². The summed E-state index contributed by atoms with van der Waals surface area (Å²) in [5.74, 6) is -0.749. The first-order valence-corrected chi connectivity index (χ1v) is 15.1. The molecular weight excluding hydrogens is 522 g/mol. The fraction of sp³-hybridized carbons (Fsp3) is 0.375. The normalized spacial score (nSPS) is 12.9. The number of carbonyl (C=O) groups excluding carboxylic acids is 2. The van der Waals surface area contributed by atoms with Crippen LogP contribution >= 0.6 is 0 Å². The van der Waals surface area contributed by atoms with E-state index in [9.17, 15) is 18.0 Å². The highest BCUT2D eigenvalue weighted by molar-refractivity contribution is 7.92. The largest absolute Gasteiger partial charge is 0.352 e. The Bertz CT molecular complexity index is 1450. The van der Waals surface area contributed by atoms with Gasteiger partial charge in [0.15, 0.2) is 0 Å². The summed E-state index contributed by atoms with van der Waals surface area (Å²) in [6.45, 7) is 12.9. The number of nitrogens with zero attached hydrogens (tertiary/aromatic N) is 2. The van der Waals surface area contributed by atoms with Crippen molar-refractivity contribution in [2.45, 2.75) is 78.4 Å². The third-order valence-electron chi connectivity index (χ3n) is 7.28. The highest BCUT2D eigenvalue weighted by atomic mass is 32.2. The molecule has 40 heavy (non-hydrogen) atoms. The molecule has 214 valence electrons. The maximum atomic E-state index is 14.1. The Hall–Kier alpha value is -3.65. The second kappa shape index (κ2) is 13.1. The Kier molecular flexibility index (Phi) is 10.1. The highest BCUT2D eigenvalue weighted by Crippen LogP contribution is 2.28. The smallest absolute Gasteiger partial charge is 0.264 e. The van der Waals surface area contributed by atoms with Crippen LogP contribution in [0.1, 0.15) is 55.0 Å². The van der Waals surface area contributed by atoms with E-state index < -0.39 is 28.5 Å². The quantitative estimate of drug-likeness (QED) is 0.336. The molecule has 0 aliphatic rings. The second-order valence-electron chi connectivity index (χ2n) is 10.6. The summed E-state index contributed by atoms with van der Waals surface area (Å²) in [6, 6.07) is 18.8. The van der Waals surface area contributed by atoms with Crippen LogP contribution in [0, 0.1) is 27.7 Å². The zero-order valence-electron chi connectivity index (χ0n) is 24.6. The van der Waals surface area contributed by atoms with Gasteiger partial charge in [-0.3, -0.25) is 13.9 Å². The molecule has 0 aromatic heterocycles. The minimum absolute atomic E-state index is 0.0565. The molecule has 0 unspecified atom stereocenters. The number of rotatable bonds is 11. The molecule has 0 aliphatic heterocycles. The molecule has 0 bridgehead atoms. The summed E-state index contributed by atoms with van der Waals surface area (Å²) in [6.07, 6.45) is 0.749. The van der Waals surface area contributed by atoms with Gasteiger partial charge in [-0.2, -0.15) is 0 Å². The Morgan fingerprint density at radius 2 is 1.48 bits per heavy atom. The number of amides is 2. The van der Waals surface area contributed by atoms with Crippen molar-refractivity contribution >= 4 is 27.5 Å². The molecule has 0 radical (unpaired) electrons. The van der Waals surface area contributed by atoms with Crippen molar-refractivity contribution in [2.75, 3.05) is 10.8 Å². The minimum Gasteiger partial charge on any atom is -0.352 e. The Morgan fingerprint density at radius 1 is 0.850 bits per heavy atom. The van der Waals surface area contributed by atoms with Crippen LogP contribution in [0.25, 0.3) is 0 Å². The molecule has 0 saturated heterocycles. The molecule has 0 spiro atoms. The fourth-order valence-corrected chi connectivity index (χ4v) is 5.93. The number of aryl methyl sites for hydroxylation is 4. The molecular formula is C32H41N3O4S. The number of hydrogen-bond acceptors (Lipinski definition) is 4. The van der Waals surface area contributed by atoms with Crippen LogP contribution in [0.2, 0.25) is 0 Å². The fourth-order valence-electron chi connectivity index (χ4n) is 4.46. The van der Waals surface area contributed by atoms with Crippen molar-refractivity contribution in [1.29, 1.82) is 0 Å². The van der Waals surface area contributed by atoms with Gasteiger partial charge in [0, 0.05) is 12.6 Å². The molecule has 0 heterocycles. The van der Waals surface area contributed by atoms with Gasteiger partial charge in [-0.05, 0) is 82.9 Å². The summed E-state index contributed by atoms with van der Waals surface area (Å²) in [7, 11) is -4.10. The zero-order chi connectivity index (χ0) is 29.6. The van der Waals surface area contributed by atoms with E-state index >= 15 is 0 Å². The van der Waals surface area contributed by atoms with Crippen LogP contribution in [0.5, 0.6) is 0 Å². The number of benzene rings is 3. The molecule has 1 N–H and O–H groups in total. The van der Waals surface area contributed by atoms with Crippen molar-refractivity contribution in [3.05, 3.63) is 94.5 Å². The molecule has 0 aliphatic carbocycles. The van der Waals surface area contributed by atoms with E-state index in [0.717, 1.165) is 34.2 Å². The van der Waals surface area contributed by atoms with Gasteiger partial charge in [-0.25, -0.2) is 8.42 Å². The van der Waals surface area contributed by atoms with Crippen LogP contribution in [0.4, 0.5) is 5.69 Å². The van der Waals surface area contributed by atoms with Gasteiger partial charge in [0.25, 0.3) is 10.0 Å². The number of nitrogens with one attached hydrogen (secondary N) is 1. The van der Waals surface area contributed by atoms with Crippen molar-refractivity contribution in [1.82, 2.24) is 10.2 Å². The summed E-state index contributed by atoms with van der Waals surface area (Å²) in [5, 5.41) is 2.96. The minimum atomic E-state index is -4.10. The van der Waals surface area contributed by atoms with Crippen LogP contribution in [0.3, 0.4) is 0 Å². The molecule has 8 heteroatoms. The van der Waals surface area contributed by atoms with Crippen molar-refractivity contribution in [2.24, 2.45) is 0 Å². The van der Waals surface area contributed by atoms with Crippen molar-refractivity contribution in [3.8, 4) is 0 Å². The van der Waals surface area contributed by atoms with Crippen LogP contribution in [-0.4, -0.2) is 43.8 Å². The van der Waals surface area contributed by atoms with E-state index in [1.54, 1.807) is 37.3 Å². The average molecular weight is 564 g/mol. The van der Waals surface area contributed by atoms with Crippen LogP contribution in [0.15, 0.2) is 71.6 Å². The first-order chi connectivity index (χ1) is 18.8. The third-order valence-corrected chi connectivity index (χ3v) is 9.05. The molecule has 0 fully saturated rings. The summed E-state index contributed by atoms with van der Waals surface area (Å²) in [4.78, 5) is 28.9. The Morgan fingerprint density at radius 3 is 2.08 bits per heavy atom. The van der Waals surface area contributed by atoms with Gasteiger partial charge in [0.1, 0.15) is 12.6 Å². The van der Waals surface area contributed by atoms with E-state index in [1.807, 2.05) is 77.9 Å². The van der Waals surface area contributed by atoms with E-state index in [-0.39, 0.29) is 23.4 Å². The zero-order valence-corrected chi connectivity index (χ0v) is 25.4. The van der Waals surface area contributed by atoms with Crippen molar-refractivity contribution in [3.63, 3.8) is 0 Å². The van der Waals surface area contributed by atoms with E-state index in [4.69, 9.17) is 0 Å². The first-order valence-electron chi connectivity index (χ1n) is 13.7. The maximum Gasteiger partial charge on any atom is 0.264 e. The summed E-state index contributed by atoms with van der Waals surface area (Å²) in [5.41, 5.74) is 4.94. The first kappa shape index (κ1) is 30.9. The molecule has 7 nitrogen and oxygen atoms in total. The molecule has 0 saturated carbocycles. The SMILES string of the molecule is CC[C@H](C)NC(=O)[C@@H](C)N(Cc1ccccc1C)C(=O)CN(c1ccc(C)cc1C)S(=O)(=O)c1ccc(C)cc1. The van der Waals surface area contributed by atoms with Crippen LogP contribution < -0.4 is 9.62 Å². The lowest BCUT2D eigenvalue weighted by atomic mass is 10.1. The van der Waals surface area contributed by atoms with Gasteiger partial charge in [0.2, 0.25) is 11.8 Å². The average Bonchev–Trinajstić information content (AvgIpc) is 2.91. The predicted octanol–water partition coefficient (Wildman–Crippen LogP) is 5.45. The predicted molar refractivity (Wildman–Crippen MR) is 161 cm³/mol. The topological polar surface area (TPSA) is 86.8 Å². The van der Waals surface area contributed by atoms with E-state index in [2.05, 4.69) is 5.32 Å². The maximum absolute atomic E-state index is 14.1. The van der Waals surface area contributed by atoms with E-state index in [0.29, 0.717) is 5.69 Å². The monoisotopic (exact) mass is 563 g/mol. The summed E-state index contributed by atoms with van der Waals surface area (Å²) >= 11 is 0. The Balaban J connectivity index is 2.07. The number of sulfonamides is 1. The molecule has 2 amide bonds. The lowest BCUT2D eigenvalue weighted by Gasteiger charge is -2.33. The number of carbonyl (C=O) groups is 2. The summed E-state index contributed by atoms with van der Waals surface area (Å²) < 4.78 is 29.2. The van der Waals surface area contributed by atoms with Crippen molar-refractivity contribution < 1.29 is 18.0 Å². The Labute approximate surface area is 239 Å². The third kappa shape index (κ3) is 7.30. The molecule has 2 atom stereocenters. The van der Waals surface area contributed by atoms with Gasteiger partial charge in [0.05, 0.1) is 10.6 Å². The lowest BCUT2D eigenvalue weighted by molar-refractivity contribution is -0.139. The molecule has 3 aromatic carbocycles. The standard InChI is InChI=1S/C32H41N3O4S/c1-8-26(6)33-32(37)27(7)34(20-28-12-10-9-11-24(28)4)31(36)21-35(30-18-15-23(3)19-25(30)5)40(38,39)29-16-13-22(2)14-17-29/h9-19,26-27H,8,20-21H2,1-7H3,(H,33,37)/t26-,27+/m0/s1. The van der Waals surface area contributed by atoms with Gasteiger partial charge in [-0.1, -0.05) is 66.6 Å².